The molecule has 0 saturated carbocycles. The van der Waals surface area contributed by atoms with Crippen LogP contribution in [0.2, 0.25) is 0 Å². The van der Waals surface area contributed by atoms with Gasteiger partial charge in [-0.15, -0.1) is 0 Å². The number of rotatable bonds is 3. The Morgan fingerprint density at radius 2 is 1.90 bits per heavy atom. The Balaban J connectivity index is 3.61. The number of hydrogen-bond donors (Lipinski definition) is 0. The maximum absolute atomic E-state index is 10.0. The molecule has 0 fully saturated rings. The van der Waals surface area contributed by atoms with Gasteiger partial charge in [0, 0.05) is 6.42 Å². The van der Waals surface area contributed by atoms with E-state index < -0.39 is 0 Å². The number of aldehydes is 1. The molecule has 0 spiro atoms. The van der Waals surface area contributed by atoms with Crippen molar-refractivity contribution in [2.45, 2.75) is 40.5 Å². The SMILES string of the molecule is CC(CCC=O)C(C)(C)C. The summed E-state index contributed by atoms with van der Waals surface area (Å²) in [5.41, 5.74) is 0.350. The molecule has 0 radical (unpaired) electrons. The van der Waals surface area contributed by atoms with Crippen LogP contribution in [0.15, 0.2) is 0 Å². The highest BCUT2D eigenvalue weighted by Crippen LogP contribution is 2.28. The molecule has 0 bridgehead atoms. The standard InChI is InChI=1S/C9H18O/c1-8(6-5-7-10)9(2,3)4/h7-8H,5-6H2,1-4H3. The van der Waals surface area contributed by atoms with E-state index in [2.05, 4.69) is 27.7 Å². The average molecular weight is 142 g/mol. The average Bonchev–Trinajstić information content (AvgIpc) is 1.80. The smallest absolute Gasteiger partial charge is 0.120 e. The minimum atomic E-state index is 0.350. The van der Waals surface area contributed by atoms with Crippen LogP contribution in [0.3, 0.4) is 0 Å². The van der Waals surface area contributed by atoms with Gasteiger partial charge in [-0.25, -0.2) is 0 Å². The second-order valence-corrected chi connectivity index (χ2v) is 4.01. The molecule has 0 aromatic heterocycles. The fourth-order valence-electron chi connectivity index (χ4n) is 0.751. The lowest BCUT2D eigenvalue weighted by Crippen LogP contribution is -2.16. The van der Waals surface area contributed by atoms with Crippen LogP contribution in [0.5, 0.6) is 0 Å². The van der Waals surface area contributed by atoms with Crippen LogP contribution in [0, 0.1) is 11.3 Å². The van der Waals surface area contributed by atoms with Gasteiger partial charge < -0.3 is 4.79 Å². The van der Waals surface area contributed by atoms with Crippen LogP contribution < -0.4 is 0 Å². The van der Waals surface area contributed by atoms with Gasteiger partial charge in [0.1, 0.15) is 6.29 Å². The lowest BCUT2D eigenvalue weighted by atomic mass is 9.80. The molecule has 0 rings (SSSR count). The lowest BCUT2D eigenvalue weighted by Gasteiger charge is -2.26. The van der Waals surface area contributed by atoms with Crippen LogP contribution in [-0.4, -0.2) is 6.29 Å². The minimum absolute atomic E-state index is 0.350. The lowest BCUT2D eigenvalue weighted by molar-refractivity contribution is -0.108. The van der Waals surface area contributed by atoms with Crippen molar-refractivity contribution in [2.24, 2.45) is 11.3 Å². The normalized spacial score (nSPS) is 14.8. The van der Waals surface area contributed by atoms with E-state index in [1.165, 1.54) is 0 Å². The first kappa shape index (κ1) is 9.67. The molecule has 1 heteroatoms. The zero-order valence-corrected chi connectivity index (χ0v) is 7.48. The highest BCUT2D eigenvalue weighted by molar-refractivity contribution is 5.49. The quantitative estimate of drug-likeness (QED) is 0.554. The zero-order chi connectivity index (χ0) is 8.20. The molecule has 10 heavy (non-hydrogen) atoms. The second-order valence-electron chi connectivity index (χ2n) is 4.01. The van der Waals surface area contributed by atoms with Crippen molar-refractivity contribution in [1.82, 2.24) is 0 Å². The van der Waals surface area contributed by atoms with Crippen LogP contribution >= 0.6 is 0 Å². The van der Waals surface area contributed by atoms with Gasteiger partial charge in [-0.2, -0.15) is 0 Å². The highest BCUT2D eigenvalue weighted by Gasteiger charge is 2.18. The summed E-state index contributed by atoms with van der Waals surface area (Å²) in [4.78, 5) is 10.0. The summed E-state index contributed by atoms with van der Waals surface area (Å²) in [6, 6.07) is 0. The zero-order valence-electron chi connectivity index (χ0n) is 7.48. The third-order valence-electron chi connectivity index (χ3n) is 2.20. The van der Waals surface area contributed by atoms with Gasteiger partial charge in [-0.3, -0.25) is 0 Å². The van der Waals surface area contributed by atoms with E-state index in [9.17, 15) is 4.79 Å². The van der Waals surface area contributed by atoms with Crippen LogP contribution in [-0.2, 0) is 4.79 Å². The van der Waals surface area contributed by atoms with Gasteiger partial charge in [0.25, 0.3) is 0 Å². The Morgan fingerprint density at radius 1 is 1.40 bits per heavy atom. The molecule has 0 amide bonds. The molecule has 0 N–H and O–H groups in total. The van der Waals surface area contributed by atoms with E-state index in [1.54, 1.807) is 0 Å². The third kappa shape index (κ3) is 3.65. The largest absolute Gasteiger partial charge is 0.303 e. The predicted octanol–water partition coefficient (Wildman–Crippen LogP) is 2.65. The molecule has 0 aliphatic heterocycles. The third-order valence-corrected chi connectivity index (χ3v) is 2.20. The van der Waals surface area contributed by atoms with Gasteiger partial charge in [0.2, 0.25) is 0 Å². The fraction of sp³-hybridized carbons (Fsp3) is 0.889. The Bertz CT molecular complexity index is 99.8. The first-order valence-corrected chi connectivity index (χ1v) is 3.92. The molecule has 0 aromatic rings. The number of carbonyl (C=O) groups is 1. The van der Waals surface area contributed by atoms with Crippen LogP contribution in [0.4, 0.5) is 0 Å². The maximum atomic E-state index is 10.0. The fourth-order valence-corrected chi connectivity index (χ4v) is 0.751. The van der Waals surface area contributed by atoms with Crippen molar-refractivity contribution in [3.8, 4) is 0 Å². The van der Waals surface area contributed by atoms with E-state index in [0.29, 0.717) is 17.8 Å². The molecular weight excluding hydrogens is 124 g/mol. The Hall–Kier alpha value is -0.330. The summed E-state index contributed by atoms with van der Waals surface area (Å²) in [6.07, 6.45) is 2.73. The molecule has 0 aliphatic rings. The van der Waals surface area contributed by atoms with Crippen molar-refractivity contribution >= 4 is 6.29 Å². The van der Waals surface area contributed by atoms with Gasteiger partial charge in [0.05, 0.1) is 0 Å². The van der Waals surface area contributed by atoms with Crippen molar-refractivity contribution in [2.75, 3.05) is 0 Å². The highest BCUT2D eigenvalue weighted by atomic mass is 16.1. The second kappa shape index (κ2) is 3.75. The minimum Gasteiger partial charge on any atom is -0.303 e. The van der Waals surface area contributed by atoms with E-state index in [0.717, 1.165) is 12.7 Å². The van der Waals surface area contributed by atoms with Crippen LogP contribution in [0.1, 0.15) is 40.5 Å². The molecular formula is C9H18O. The summed E-state index contributed by atoms with van der Waals surface area (Å²) in [7, 11) is 0. The predicted molar refractivity (Wildman–Crippen MR) is 43.9 cm³/mol. The molecule has 1 unspecified atom stereocenters. The molecule has 0 heterocycles. The summed E-state index contributed by atoms with van der Waals surface area (Å²) >= 11 is 0. The van der Waals surface area contributed by atoms with Crippen LogP contribution in [0.25, 0.3) is 0 Å². The summed E-state index contributed by atoms with van der Waals surface area (Å²) in [5, 5.41) is 0. The molecule has 0 aliphatic carbocycles. The Labute approximate surface area is 63.8 Å². The van der Waals surface area contributed by atoms with Gasteiger partial charge >= 0.3 is 0 Å². The van der Waals surface area contributed by atoms with Gasteiger partial charge in [-0.1, -0.05) is 27.7 Å². The maximum Gasteiger partial charge on any atom is 0.120 e. The molecule has 1 nitrogen and oxygen atoms in total. The summed E-state index contributed by atoms with van der Waals surface area (Å²) < 4.78 is 0. The van der Waals surface area contributed by atoms with Crippen molar-refractivity contribution in [3.05, 3.63) is 0 Å². The first-order chi connectivity index (χ1) is 4.48. The van der Waals surface area contributed by atoms with Crippen molar-refractivity contribution in [1.29, 1.82) is 0 Å². The topological polar surface area (TPSA) is 17.1 Å². The van der Waals surface area contributed by atoms with Gasteiger partial charge in [-0.05, 0) is 17.8 Å². The van der Waals surface area contributed by atoms with Crippen molar-refractivity contribution < 1.29 is 4.79 Å². The number of hydrogen-bond acceptors (Lipinski definition) is 1. The number of carbonyl (C=O) groups excluding carboxylic acids is 1. The summed E-state index contributed by atoms with van der Waals surface area (Å²) in [5.74, 6) is 0.637. The van der Waals surface area contributed by atoms with E-state index >= 15 is 0 Å². The molecule has 0 aromatic carbocycles. The monoisotopic (exact) mass is 142 g/mol. The van der Waals surface area contributed by atoms with E-state index in [4.69, 9.17) is 0 Å². The molecule has 0 saturated heterocycles. The Kier molecular flexibility index (Phi) is 3.62. The Morgan fingerprint density at radius 3 is 2.20 bits per heavy atom. The van der Waals surface area contributed by atoms with Crippen molar-refractivity contribution in [3.63, 3.8) is 0 Å². The van der Waals surface area contributed by atoms with E-state index in [1.807, 2.05) is 0 Å². The van der Waals surface area contributed by atoms with E-state index in [-0.39, 0.29) is 0 Å². The molecule has 60 valence electrons. The molecule has 1 atom stereocenters. The van der Waals surface area contributed by atoms with Gasteiger partial charge in [0.15, 0.2) is 0 Å². The first-order valence-electron chi connectivity index (χ1n) is 3.92. The summed E-state index contributed by atoms with van der Waals surface area (Å²) in [6.45, 7) is 8.83.